The summed E-state index contributed by atoms with van der Waals surface area (Å²) in [6.45, 7) is 3.91. The first-order valence-electron chi connectivity index (χ1n) is 9.54. The number of aryl methyl sites for hydroxylation is 1. The molecule has 30 heavy (non-hydrogen) atoms. The van der Waals surface area contributed by atoms with E-state index >= 15 is 0 Å². The number of benzene rings is 1. The van der Waals surface area contributed by atoms with Crippen LogP contribution in [0.15, 0.2) is 24.4 Å². The monoisotopic (exact) mass is 433 g/mol. The van der Waals surface area contributed by atoms with Crippen molar-refractivity contribution >= 4 is 5.91 Å². The Morgan fingerprint density at radius 1 is 1.17 bits per heavy atom. The molecule has 4 nitrogen and oxygen atoms in total. The normalized spacial score (nSPS) is 18.1. The Morgan fingerprint density at radius 3 is 2.30 bits per heavy atom. The van der Waals surface area contributed by atoms with E-state index in [0.717, 1.165) is 18.6 Å². The zero-order valence-electron chi connectivity index (χ0n) is 16.4. The third-order valence-electron chi connectivity index (χ3n) is 5.30. The number of halogens is 6. The molecule has 0 spiro atoms. The van der Waals surface area contributed by atoms with Crippen LogP contribution in [-0.4, -0.2) is 21.5 Å². The number of nitrogens with zero attached hydrogens (tertiary/aromatic N) is 2. The van der Waals surface area contributed by atoms with Crippen molar-refractivity contribution in [3.8, 4) is 0 Å². The molecule has 1 aromatic carbocycles. The molecule has 164 valence electrons. The molecule has 1 N–H and O–H groups in total. The molecule has 0 bridgehead atoms. The summed E-state index contributed by atoms with van der Waals surface area (Å²) in [5.74, 6) is -0.328. The fourth-order valence-electron chi connectivity index (χ4n) is 3.44. The Kier molecular flexibility index (Phi) is 5.88. The van der Waals surface area contributed by atoms with Gasteiger partial charge in [-0.2, -0.15) is 26.3 Å². The van der Waals surface area contributed by atoms with E-state index in [-0.39, 0.29) is 35.8 Å². The highest BCUT2D eigenvalue weighted by atomic mass is 19.4. The number of imidazole rings is 1. The Labute approximate surface area is 169 Å². The van der Waals surface area contributed by atoms with E-state index in [1.54, 1.807) is 4.57 Å². The van der Waals surface area contributed by atoms with Crippen LogP contribution in [0, 0.1) is 0 Å². The minimum absolute atomic E-state index is 0.0258. The highest BCUT2D eigenvalue weighted by Gasteiger charge is 2.38. The molecule has 0 aliphatic carbocycles. The van der Waals surface area contributed by atoms with Crippen molar-refractivity contribution in [3.05, 3.63) is 52.6 Å². The zero-order valence-corrected chi connectivity index (χ0v) is 16.4. The predicted molar refractivity (Wildman–Crippen MR) is 97.0 cm³/mol. The second kappa shape index (κ2) is 7.96. The third-order valence-corrected chi connectivity index (χ3v) is 5.30. The average molecular weight is 433 g/mol. The van der Waals surface area contributed by atoms with Gasteiger partial charge in [-0.25, -0.2) is 4.98 Å². The second-order valence-corrected chi connectivity index (χ2v) is 7.55. The summed E-state index contributed by atoms with van der Waals surface area (Å²) in [5.41, 5.74) is -2.48. The Bertz CT molecular complexity index is 899. The van der Waals surface area contributed by atoms with Crippen LogP contribution in [0.3, 0.4) is 0 Å². The van der Waals surface area contributed by atoms with Crippen LogP contribution < -0.4 is 5.32 Å². The first kappa shape index (κ1) is 22.2. The lowest BCUT2D eigenvalue weighted by molar-refractivity contribution is -0.143. The molecule has 1 amide bonds. The quantitative estimate of drug-likeness (QED) is 0.676. The molecule has 2 aromatic rings. The molecular formula is C20H21F6N3O. The topological polar surface area (TPSA) is 46.9 Å². The highest BCUT2D eigenvalue weighted by molar-refractivity contribution is 5.92. The van der Waals surface area contributed by atoms with Crippen LogP contribution in [0.4, 0.5) is 26.3 Å². The number of carbonyl (C=O) groups is 1. The van der Waals surface area contributed by atoms with Gasteiger partial charge in [0.25, 0.3) is 5.91 Å². The molecule has 0 unspecified atom stereocenters. The highest BCUT2D eigenvalue weighted by Crippen LogP contribution is 2.39. The minimum Gasteiger partial charge on any atom is -0.348 e. The number of alkyl halides is 6. The van der Waals surface area contributed by atoms with Crippen molar-refractivity contribution in [2.24, 2.45) is 0 Å². The minimum atomic E-state index is -4.88. The SMILES string of the molecule is CC[C@@H](C)NC(=O)c1cn2c(n1)CC[C@@H](c1cc(C(F)(F)F)cc(C(F)(F)F)c1)C2. The molecule has 10 heteroatoms. The van der Waals surface area contributed by atoms with E-state index in [1.165, 1.54) is 6.20 Å². The van der Waals surface area contributed by atoms with Crippen LogP contribution in [0.25, 0.3) is 0 Å². The largest absolute Gasteiger partial charge is 0.416 e. The summed E-state index contributed by atoms with van der Waals surface area (Å²) in [4.78, 5) is 16.5. The zero-order chi connectivity index (χ0) is 22.3. The van der Waals surface area contributed by atoms with Gasteiger partial charge >= 0.3 is 12.4 Å². The fourth-order valence-corrected chi connectivity index (χ4v) is 3.44. The van der Waals surface area contributed by atoms with E-state index in [4.69, 9.17) is 0 Å². The van der Waals surface area contributed by atoms with Crippen molar-refractivity contribution < 1.29 is 31.1 Å². The van der Waals surface area contributed by atoms with Crippen LogP contribution in [0.2, 0.25) is 0 Å². The summed E-state index contributed by atoms with van der Waals surface area (Å²) in [7, 11) is 0. The maximum Gasteiger partial charge on any atom is 0.416 e. The summed E-state index contributed by atoms with van der Waals surface area (Å²) in [6, 6.07) is 1.64. The molecule has 0 radical (unpaired) electrons. The first-order chi connectivity index (χ1) is 13.9. The molecular weight excluding hydrogens is 412 g/mol. The number of aromatic nitrogens is 2. The Balaban J connectivity index is 1.89. The Hall–Kier alpha value is -2.52. The van der Waals surface area contributed by atoms with Gasteiger partial charge in [-0.1, -0.05) is 6.92 Å². The van der Waals surface area contributed by atoms with Gasteiger partial charge in [-0.05, 0) is 43.5 Å². The van der Waals surface area contributed by atoms with E-state index in [9.17, 15) is 31.1 Å². The van der Waals surface area contributed by atoms with Gasteiger partial charge < -0.3 is 9.88 Å². The number of nitrogens with one attached hydrogen (secondary N) is 1. The van der Waals surface area contributed by atoms with Gasteiger partial charge in [0.15, 0.2) is 0 Å². The standard InChI is InChI=1S/C20H21F6N3O/c1-3-11(2)27-18(30)16-10-29-9-12(4-5-17(29)28-16)13-6-14(19(21,22)23)8-15(7-13)20(24,25)26/h6-8,10-12H,3-5,9H2,1-2H3,(H,27,30)/t11-,12-/m1/s1. The van der Waals surface area contributed by atoms with Gasteiger partial charge in [-0.3, -0.25) is 4.79 Å². The van der Waals surface area contributed by atoms with Gasteiger partial charge in [0.2, 0.25) is 0 Å². The lowest BCUT2D eigenvalue weighted by Crippen LogP contribution is -2.32. The van der Waals surface area contributed by atoms with Crippen molar-refractivity contribution in [1.29, 1.82) is 0 Å². The first-order valence-corrected chi connectivity index (χ1v) is 9.54. The molecule has 0 saturated carbocycles. The molecule has 3 rings (SSSR count). The van der Waals surface area contributed by atoms with E-state index in [2.05, 4.69) is 10.3 Å². The van der Waals surface area contributed by atoms with Crippen molar-refractivity contribution in [3.63, 3.8) is 0 Å². The summed E-state index contributed by atoms with van der Waals surface area (Å²) in [5, 5.41) is 2.78. The average Bonchev–Trinajstić information content (AvgIpc) is 3.09. The molecule has 1 aliphatic rings. The second-order valence-electron chi connectivity index (χ2n) is 7.55. The number of hydrogen-bond donors (Lipinski definition) is 1. The van der Waals surface area contributed by atoms with E-state index < -0.39 is 29.4 Å². The molecule has 2 atom stereocenters. The molecule has 1 aliphatic heterocycles. The molecule has 0 saturated heterocycles. The number of fused-ring (bicyclic) bond motifs is 1. The summed E-state index contributed by atoms with van der Waals surface area (Å²) < 4.78 is 80.5. The van der Waals surface area contributed by atoms with Gasteiger partial charge in [-0.15, -0.1) is 0 Å². The smallest absolute Gasteiger partial charge is 0.348 e. The predicted octanol–water partition coefficient (Wildman–Crippen LogP) is 5.18. The van der Waals surface area contributed by atoms with E-state index in [1.807, 2.05) is 13.8 Å². The molecule has 1 aromatic heterocycles. The van der Waals surface area contributed by atoms with Gasteiger partial charge in [0, 0.05) is 31.1 Å². The summed E-state index contributed by atoms with van der Waals surface area (Å²) in [6.07, 6.45) is -6.85. The van der Waals surface area contributed by atoms with Crippen molar-refractivity contribution in [2.45, 2.75) is 64.0 Å². The number of rotatable bonds is 4. The lowest BCUT2D eigenvalue weighted by atomic mass is 9.89. The molecule has 0 fully saturated rings. The van der Waals surface area contributed by atoms with Gasteiger partial charge in [0.05, 0.1) is 11.1 Å². The van der Waals surface area contributed by atoms with Crippen molar-refractivity contribution in [2.75, 3.05) is 0 Å². The van der Waals surface area contributed by atoms with Crippen LogP contribution in [0.5, 0.6) is 0 Å². The molecule has 2 heterocycles. The van der Waals surface area contributed by atoms with Crippen LogP contribution >= 0.6 is 0 Å². The van der Waals surface area contributed by atoms with Crippen LogP contribution in [-0.2, 0) is 25.3 Å². The van der Waals surface area contributed by atoms with E-state index in [0.29, 0.717) is 18.7 Å². The maximum atomic E-state index is 13.1. The van der Waals surface area contributed by atoms with Crippen molar-refractivity contribution in [1.82, 2.24) is 14.9 Å². The number of carbonyl (C=O) groups excluding carboxylic acids is 1. The number of hydrogen-bond acceptors (Lipinski definition) is 2. The Morgan fingerprint density at radius 2 is 1.77 bits per heavy atom. The van der Waals surface area contributed by atoms with Crippen LogP contribution in [0.1, 0.15) is 65.6 Å². The third kappa shape index (κ3) is 4.79. The van der Waals surface area contributed by atoms with Gasteiger partial charge in [0.1, 0.15) is 11.5 Å². The number of amides is 1. The summed E-state index contributed by atoms with van der Waals surface area (Å²) >= 11 is 0. The lowest BCUT2D eigenvalue weighted by Gasteiger charge is -2.25. The fraction of sp³-hybridized carbons (Fsp3) is 0.500. The maximum absolute atomic E-state index is 13.1.